The van der Waals surface area contributed by atoms with Crippen molar-refractivity contribution in [1.29, 1.82) is 0 Å². The van der Waals surface area contributed by atoms with Crippen LogP contribution in [-0.4, -0.2) is 39.4 Å². The topological polar surface area (TPSA) is 75.1 Å². The van der Waals surface area contributed by atoms with E-state index in [0.29, 0.717) is 5.16 Å². The summed E-state index contributed by atoms with van der Waals surface area (Å²) in [5.74, 6) is -0.353. The second-order valence-electron chi connectivity index (χ2n) is 4.49. The normalized spacial score (nSPS) is 23.1. The Morgan fingerprint density at radius 3 is 2.95 bits per heavy atom. The van der Waals surface area contributed by atoms with Crippen molar-refractivity contribution in [3.8, 4) is 0 Å². The molecule has 7 heteroatoms. The van der Waals surface area contributed by atoms with Gasteiger partial charge in [-0.15, -0.1) is 0 Å². The minimum absolute atomic E-state index is 0.166. The summed E-state index contributed by atoms with van der Waals surface area (Å²) in [5, 5.41) is 13.4. The van der Waals surface area contributed by atoms with Gasteiger partial charge in [-0.1, -0.05) is 36.2 Å². The van der Waals surface area contributed by atoms with E-state index in [1.807, 2.05) is 6.26 Å². The van der Waals surface area contributed by atoms with Gasteiger partial charge in [-0.05, 0) is 19.1 Å². The van der Waals surface area contributed by atoms with Crippen molar-refractivity contribution >= 4 is 29.3 Å². The predicted octanol–water partition coefficient (Wildman–Crippen LogP) is 1.89. The molecule has 0 spiro atoms. The number of thioether (sulfide) groups is 1. The number of aromatic nitrogens is 2. The van der Waals surface area contributed by atoms with Gasteiger partial charge in [0.15, 0.2) is 10.9 Å². The maximum atomic E-state index is 12.1. The molecular formula is C12H16ClN3O2S. The highest BCUT2D eigenvalue weighted by Gasteiger charge is 2.26. The first-order chi connectivity index (χ1) is 9.11. The maximum absolute atomic E-state index is 12.1. The molecule has 0 aliphatic heterocycles. The zero-order valence-corrected chi connectivity index (χ0v) is 12.2. The summed E-state index contributed by atoms with van der Waals surface area (Å²) in [4.78, 5) is 20.2. The van der Waals surface area contributed by atoms with Gasteiger partial charge in [-0.25, -0.2) is 9.97 Å². The van der Waals surface area contributed by atoms with Crippen LogP contribution in [0, 0.1) is 0 Å². The highest BCUT2D eigenvalue weighted by atomic mass is 35.5. The first-order valence-corrected chi connectivity index (χ1v) is 7.77. The fraction of sp³-hybridized carbons (Fsp3) is 0.583. The van der Waals surface area contributed by atoms with Gasteiger partial charge in [0, 0.05) is 0 Å². The highest BCUT2D eigenvalue weighted by molar-refractivity contribution is 7.98. The minimum Gasteiger partial charge on any atom is -0.391 e. The van der Waals surface area contributed by atoms with E-state index in [-0.39, 0.29) is 22.7 Å². The van der Waals surface area contributed by atoms with E-state index in [2.05, 4.69) is 15.3 Å². The third-order valence-electron chi connectivity index (χ3n) is 3.17. The van der Waals surface area contributed by atoms with E-state index < -0.39 is 6.10 Å². The molecule has 104 valence electrons. The Morgan fingerprint density at radius 2 is 2.26 bits per heavy atom. The lowest BCUT2D eigenvalue weighted by atomic mass is 9.92. The number of halogens is 1. The second-order valence-corrected chi connectivity index (χ2v) is 5.67. The van der Waals surface area contributed by atoms with Gasteiger partial charge >= 0.3 is 0 Å². The van der Waals surface area contributed by atoms with Gasteiger partial charge in [0.1, 0.15) is 0 Å². The van der Waals surface area contributed by atoms with Crippen molar-refractivity contribution in [3.63, 3.8) is 0 Å². The van der Waals surface area contributed by atoms with Crippen LogP contribution in [0.5, 0.6) is 0 Å². The first kappa shape index (κ1) is 14.6. The lowest BCUT2D eigenvalue weighted by molar-refractivity contribution is 0.0713. The molecule has 1 amide bonds. The van der Waals surface area contributed by atoms with Gasteiger partial charge in [0.2, 0.25) is 0 Å². The molecule has 19 heavy (non-hydrogen) atoms. The molecule has 2 atom stereocenters. The monoisotopic (exact) mass is 301 g/mol. The summed E-state index contributed by atoms with van der Waals surface area (Å²) in [5.41, 5.74) is 0.166. The number of hydrogen-bond acceptors (Lipinski definition) is 5. The molecule has 5 nitrogen and oxygen atoms in total. The smallest absolute Gasteiger partial charge is 0.271 e. The van der Waals surface area contributed by atoms with Crippen LogP contribution in [0.1, 0.15) is 36.2 Å². The van der Waals surface area contributed by atoms with Crippen LogP contribution in [0.25, 0.3) is 0 Å². The molecule has 1 aromatic rings. The van der Waals surface area contributed by atoms with Gasteiger partial charge in [0.05, 0.1) is 23.4 Å². The molecule has 0 radical (unpaired) electrons. The number of aliphatic hydroxyl groups is 1. The van der Waals surface area contributed by atoms with E-state index in [0.717, 1.165) is 25.7 Å². The summed E-state index contributed by atoms with van der Waals surface area (Å²) < 4.78 is 0. The van der Waals surface area contributed by atoms with E-state index in [1.165, 1.54) is 18.0 Å². The highest BCUT2D eigenvalue weighted by Crippen LogP contribution is 2.20. The number of carbonyl (C=O) groups excluding carboxylic acids is 1. The molecule has 0 bridgehead atoms. The number of aliphatic hydroxyl groups excluding tert-OH is 1. The van der Waals surface area contributed by atoms with Gasteiger partial charge < -0.3 is 10.4 Å². The zero-order valence-electron chi connectivity index (χ0n) is 10.6. The van der Waals surface area contributed by atoms with Crippen molar-refractivity contribution < 1.29 is 9.90 Å². The fourth-order valence-electron chi connectivity index (χ4n) is 2.12. The largest absolute Gasteiger partial charge is 0.391 e. The number of nitrogens with one attached hydrogen (secondary N) is 1. The van der Waals surface area contributed by atoms with Gasteiger partial charge in [0.25, 0.3) is 5.91 Å². The standard InChI is InChI=1S/C12H16ClN3O2S/c1-19-12-14-6-7(13)10(16-12)11(18)15-8-4-2-3-5-9(8)17/h6,8-9,17H,2-5H2,1H3,(H,15,18). The van der Waals surface area contributed by atoms with Crippen molar-refractivity contribution in [2.75, 3.05) is 6.26 Å². The quantitative estimate of drug-likeness (QED) is 0.658. The Hall–Kier alpha value is -0.850. The van der Waals surface area contributed by atoms with Crippen molar-refractivity contribution in [2.45, 2.75) is 43.0 Å². The van der Waals surface area contributed by atoms with Crippen LogP contribution >= 0.6 is 23.4 Å². The molecular weight excluding hydrogens is 286 g/mol. The number of hydrogen-bond donors (Lipinski definition) is 2. The lowest BCUT2D eigenvalue weighted by Crippen LogP contribution is -2.45. The van der Waals surface area contributed by atoms with Crippen LogP contribution in [-0.2, 0) is 0 Å². The molecule has 1 aliphatic carbocycles. The molecule has 0 aromatic carbocycles. The van der Waals surface area contributed by atoms with Crippen molar-refractivity contribution in [3.05, 3.63) is 16.9 Å². The molecule has 2 rings (SSSR count). The first-order valence-electron chi connectivity index (χ1n) is 6.17. The number of carbonyl (C=O) groups is 1. The molecule has 2 N–H and O–H groups in total. The summed E-state index contributed by atoms with van der Waals surface area (Å²) in [6.07, 6.45) is 6.28. The minimum atomic E-state index is -0.488. The summed E-state index contributed by atoms with van der Waals surface area (Å²) >= 11 is 7.29. The zero-order chi connectivity index (χ0) is 13.8. The number of amides is 1. The Labute approximate surface area is 121 Å². The van der Waals surface area contributed by atoms with Crippen LogP contribution in [0.4, 0.5) is 0 Å². The van der Waals surface area contributed by atoms with Crippen LogP contribution in [0.2, 0.25) is 5.02 Å². The Balaban J connectivity index is 2.10. The summed E-state index contributed by atoms with van der Waals surface area (Å²) in [7, 11) is 0. The van der Waals surface area contributed by atoms with Gasteiger partial charge in [-0.2, -0.15) is 0 Å². The molecule has 0 saturated heterocycles. The predicted molar refractivity (Wildman–Crippen MR) is 74.6 cm³/mol. The number of nitrogens with zero attached hydrogens (tertiary/aromatic N) is 2. The third kappa shape index (κ3) is 3.58. The van der Waals surface area contributed by atoms with E-state index in [9.17, 15) is 9.90 Å². The maximum Gasteiger partial charge on any atom is 0.271 e. The van der Waals surface area contributed by atoms with Crippen molar-refractivity contribution in [2.24, 2.45) is 0 Å². The molecule has 1 saturated carbocycles. The van der Waals surface area contributed by atoms with Gasteiger partial charge in [-0.3, -0.25) is 4.79 Å². The average Bonchev–Trinajstić information content (AvgIpc) is 2.42. The SMILES string of the molecule is CSc1ncc(Cl)c(C(=O)NC2CCCCC2O)n1. The molecule has 2 unspecified atom stereocenters. The Bertz CT molecular complexity index is 472. The average molecular weight is 302 g/mol. The van der Waals surface area contributed by atoms with Crippen LogP contribution in [0.3, 0.4) is 0 Å². The fourth-order valence-corrected chi connectivity index (χ4v) is 2.64. The molecule has 1 fully saturated rings. The van der Waals surface area contributed by atoms with Crippen LogP contribution < -0.4 is 5.32 Å². The Kier molecular flexibility index (Phi) is 5.01. The molecule has 1 aliphatic rings. The van der Waals surface area contributed by atoms with Crippen LogP contribution in [0.15, 0.2) is 11.4 Å². The molecule has 1 heterocycles. The third-order valence-corrected chi connectivity index (χ3v) is 4.00. The second kappa shape index (κ2) is 6.54. The van der Waals surface area contributed by atoms with E-state index >= 15 is 0 Å². The van der Waals surface area contributed by atoms with E-state index in [1.54, 1.807) is 0 Å². The number of rotatable bonds is 3. The van der Waals surface area contributed by atoms with Crippen molar-refractivity contribution in [1.82, 2.24) is 15.3 Å². The Morgan fingerprint density at radius 1 is 1.53 bits per heavy atom. The lowest BCUT2D eigenvalue weighted by Gasteiger charge is -2.28. The van der Waals surface area contributed by atoms with E-state index in [4.69, 9.17) is 11.6 Å². The molecule has 1 aromatic heterocycles. The summed E-state index contributed by atoms with van der Waals surface area (Å²) in [6, 6.07) is -0.218. The summed E-state index contributed by atoms with van der Waals surface area (Å²) in [6.45, 7) is 0.